The van der Waals surface area contributed by atoms with Gasteiger partial charge >= 0.3 is 5.97 Å². The van der Waals surface area contributed by atoms with Crippen molar-refractivity contribution in [2.45, 2.75) is 26.3 Å². The summed E-state index contributed by atoms with van der Waals surface area (Å²) in [5.41, 5.74) is 0. The summed E-state index contributed by atoms with van der Waals surface area (Å²) in [6.07, 6.45) is 1.10. The van der Waals surface area contributed by atoms with Gasteiger partial charge in [0, 0.05) is 6.54 Å². The van der Waals surface area contributed by atoms with E-state index in [1.54, 1.807) is 0 Å². The number of carbonyl (C=O) groups excluding carboxylic acids is 1. The molecule has 1 N–H and O–H groups in total. The Hall–Kier alpha value is -0.650. The Labute approximate surface area is 111 Å². The number of likely N-dealkylation sites (N-methyl/N-ethyl adjacent to an activating group) is 2. The van der Waals surface area contributed by atoms with E-state index in [1.807, 2.05) is 20.9 Å². The Balaban J connectivity index is 4.02. The Morgan fingerprint density at radius 1 is 1.22 bits per heavy atom. The summed E-state index contributed by atoms with van der Waals surface area (Å²) in [5.74, 6) is -0.154. The Bertz CT molecular complexity index is 222. The lowest BCUT2D eigenvalue weighted by Crippen LogP contribution is -2.46. The van der Waals surface area contributed by atoms with Crippen LogP contribution in [0.2, 0.25) is 0 Å². The van der Waals surface area contributed by atoms with Crippen molar-refractivity contribution < 1.29 is 9.53 Å². The van der Waals surface area contributed by atoms with E-state index < -0.39 is 0 Å². The molecule has 0 saturated heterocycles. The number of esters is 1. The highest BCUT2D eigenvalue weighted by Crippen LogP contribution is 1.96. The van der Waals surface area contributed by atoms with Crippen molar-refractivity contribution in [1.29, 1.82) is 0 Å². The van der Waals surface area contributed by atoms with Gasteiger partial charge in [-0.2, -0.15) is 0 Å². The highest BCUT2D eigenvalue weighted by Gasteiger charge is 2.20. The van der Waals surface area contributed by atoms with Crippen LogP contribution < -0.4 is 5.32 Å². The largest absolute Gasteiger partial charge is 0.465 e. The first-order valence-corrected chi connectivity index (χ1v) is 6.74. The maximum absolute atomic E-state index is 11.7. The van der Waals surface area contributed by atoms with E-state index in [0.717, 1.165) is 26.1 Å². The van der Waals surface area contributed by atoms with Crippen LogP contribution in [-0.2, 0) is 9.53 Å². The molecule has 18 heavy (non-hydrogen) atoms. The summed E-state index contributed by atoms with van der Waals surface area (Å²) in [6.45, 7) is 7.79. The predicted molar refractivity (Wildman–Crippen MR) is 74.8 cm³/mol. The standard InChI is InChI=1S/C13H29N3O2/c1-6-14-12(13(17)18-7-2)11-16(5)10-8-9-15(3)4/h12,14H,6-11H2,1-5H3. The number of ether oxygens (including phenoxy) is 1. The van der Waals surface area contributed by atoms with Gasteiger partial charge < -0.3 is 19.9 Å². The molecule has 0 aliphatic carbocycles. The van der Waals surface area contributed by atoms with Gasteiger partial charge in [0.2, 0.25) is 0 Å². The average Bonchev–Trinajstić information content (AvgIpc) is 2.28. The van der Waals surface area contributed by atoms with Gasteiger partial charge in [-0.1, -0.05) is 6.92 Å². The molecule has 0 saturated carbocycles. The zero-order valence-corrected chi connectivity index (χ0v) is 12.5. The molecule has 0 heterocycles. The Morgan fingerprint density at radius 3 is 2.39 bits per heavy atom. The number of nitrogens with one attached hydrogen (secondary N) is 1. The predicted octanol–water partition coefficient (Wildman–Crippen LogP) is 0.411. The van der Waals surface area contributed by atoms with Crippen molar-refractivity contribution in [2.24, 2.45) is 0 Å². The van der Waals surface area contributed by atoms with Crippen molar-refractivity contribution in [2.75, 3.05) is 53.9 Å². The van der Waals surface area contributed by atoms with Crippen molar-refractivity contribution in [3.8, 4) is 0 Å². The topological polar surface area (TPSA) is 44.8 Å². The maximum Gasteiger partial charge on any atom is 0.324 e. The molecule has 1 unspecified atom stereocenters. The van der Waals surface area contributed by atoms with E-state index in [2.05, 4.69) is 29.2 Å². The van der Waals surface area contributed by atoms with Gasteiger partial charge in [-0.3, -0.25) is 4.79 Å². The summed E-state index contributed by atoms with van der Waals surface area (Å²) in [7, 11) is 6.18. The number of rotatable bonds is 10. The molecule has 108 valence electrons. The van der Waals surface area contributed by atoms with Gasteiger partial charge in [0.15, 0.2) is 0 Å². The summed E-state index contributed by atoms with van der Waals surface area (Å²) in [4.78, 5) is 16.1. The highest BCUT2D eigenvalue weighted by atomic mass is 16.5. The van der Waals surface area contributed by atoms with Gasteiger partial charge in [-0.05, 0) is 54.1 Å². The molecule has 5 heteroatoms. The number of hydrogen-bond donors (Lipinski definition) is 1. The van der Waals surface area contributed by atoms with Crippen LogP contribution >= 0.6 is 0 Å². The summed E-state index contributed by atoms with van der Waals surface area (Å²) >= 11 is 0. The first-order valence-electron chi connectivity index (χ1n) is 6.74. The minimum absolute atomic E-state index is 0.154. The van der Waals surface area contributed by atoms with Gasteiger partial charge in [0.1, 0.15) is 6.04 Å². The quantitative estimate of drug-likeness (QED) is 0.576. The van der Waals surface area contributed by atoms with Crippen molar-refractivity contribution in [3.05, 3.63) is 0 Å². The second-order valence-corrected chi connectivity index (χ2v) is 4.78. The highest BCUT2D eigenvalue weighted by molar-refractivity contribution is 5.76. The lowest BCUT2D eigenvalue weighted by molar-refractivity contribution is -0.146. The molecule has 0 radical (unpaired) electrons. The summed E-state index contributed by atoms with van der Waals surface area (Å²) in [5, 5.41) is 3.17. The van der Waals surface area contributed by atoms with E-state index in [-0.39, 0.29) is 12.0 Å². The fourth-order valence-electron chi connectivity index (χ4n) is 1.77. The summed E-state index contributed by atoms with van der Waals surface area (Å²) < 4.78 is 5.06. The SMILES string of the molecule is CCNC(CN(C)CCCN(C)C)C(=O)OCC. The van der Waals surface area contributed by atoms with Gasteiger partial charge in [0.05, 0.1) is 6.61 Å². The third-order valence-electron chi connectivity index (χ3n) is 2.66. The normalized spacial score (nSPS) is 13.1. The van der Waals surface area contributed by atoms with Gasteiger partial charge in [-0.25, -0.2) is 0 Å². The molecule has 0 aromatic carbocycles. The molecule has 0 fully saturated rings. The summed E-state index contributed by atoms with van der Waals surface area (Å²) in [6, 6.07) is -0.223. The maximum atomic E-state index is 11.7. The third-order valence-corrected chi connectivity index (χ3v) is 2.66. The van der Waals surface area contributed by atoms with E-state index >= 15 is 0 Å². The zero-order valence-electron chi connectivity index (χ0n) is 12.5. The molecular formula is C13H29N3O2. The molecule has 0 spiro atoms. The Morgan fingerprint density at radius 2 is 1.89 bits per heavy atom. The monoisotopic (exact) mass is 259 g/mol. The minimum Gasteiger partial charge on any atom is -0.465 e. The first kappa shape index (κ1) is 17.4. The van der Waals surface area contributed by atoms with Crippen LogP contribution in [0.1, 0.15) is 20.3 Å². The van der Waals surface area contributed by atoms with Crippen LogP contribution in [0.5, 0.6) is 0 Å². The van der Waals surface area contributed by atoms with E-state index in [4.69, 9.17) is 4.74 Å². The lowest BCUT2D eigenvalue weighted by Gasteiger charge is -2.23. The fraction of sp³-hybridized carbons (Fsp3) is 0.923. The molecule has 0 rings (SSSR count). The van der Waals surface area contributed by atoms with Crippen molar-refractivity contribution in [1.82, 2.24) is 15.1 Å². The van der Waals surface area contributed by atoms with Crippen molar-refractivity contribution >= 4 is 5.97 Å². The zero-order chi connectivity index (χ0) is 14.0. The average molecular weight is 259 g/mol. The molecule has 1 atom stereocenters. The van der Waals surface area contributed by atoms with Crippen LogP contribution in [0.3, 0.4) is 0 Å². The molecule has 0 aromatic heterocycles. The molecule has 0 amide bonds. The van der Waals surface area contributed by atoms with Crippen LogP contribution in [-0.4, -0.2) is 75.7 Å². The molecule has 0 aliphatic rings. The molecule has 0 aliphatic heterocycles. The van der Waals surface area contributed by atoms with Crippen LogP contribution in [0.4, 0.5) is 0 Å². The first-order chi connectivity index (χ1) is 8.51. The van der Waals surface area contributed by atoms with E-state index in [9.17, 15) is 4.79 Å². The van der Waals surface area contributed by atoms with E-state index in [1.165, 1.54) is 0 Å². The third kappa shape index (κ3) is 8.44. The molecular weight excluding hydrogens is 230 g/mol. The number of hydrogen-bond acceptors (Lipinski definition) is 5. The fourth-order valence-corrected chi connectivity index (χ4v) is 1.77. The second kappa shape index (κ2) is 10.3. The second-order valence-electron chi connectivity index (χ2n) is 4.78. The van der Waals surface area contributed by atoms with Gasteiger partial charge in [-0.15, -0.1) is 0 Å². The van der Waals surface area contributed by atoms with Crippen LogP contribution in [0.15, 0.2) is 0 Å². The molecule has 5 nitrogen and oxygen atoms in total. The van der Waals surface area contributed by atoms with Crippen LogP contribution in [0.25, 0.3) is 0 Å². The smallest absolute Gasteiger partial charge is 0.324 e. The number of nitrogens with zero attached hydrogens (tertiary/aromatic N) is 2. The number of carbonyl (C=O) groups is 1. The molecule has 0 aromatic rings. The minimum atomic E-state index is -0.223. The lowest BCUT2D eigenvalue weighted by atomic mass is 10.2. The van der Waals surface area contributed by atoms with Crippen molar-refractivity contribution in [3.63, 3.8) is 0 Å². The van der Waals surface area contributed by atoms with Gasteiger partial charge in [0.25, 0.3) is 0 Å². The van der Waals surface area contributed by atoms with Crippen LogP contribution in [0, 0.1) is 0 Å². The van der Waals surface area contributed by atoms with E-state index in [0.29, 0.717) is 13.2 Å². The molecule has 0 bridgehead atoms. The Kier molecular flexibility index (Phi) is 9.92.